The van der Waals surface area contributed by atoms with Crippen molar-refractivity contribution in [3.63, 3.8) is 0 Å². The molecule has 19 heavy (non-hydrogen) atoms. The average molecular weight is 276 g/mol. The second-order valence-corrected chi connectivity index (χ2v) is 6.45. The molecule has 3 heteroatoms. The van der Waals surface area contributed by atoms with Gasteiger partial charge in [-0.05, 0) is 49.3 Å². The molecule has 104 valence electrons. The lowest BCUT2D eigenvalue weighted by molar-refractivity contribution is 0.318. The summed E-state index contributed by atoms with van der Waals surface area (Å²) >= 11 is 1.87. The Morgan fingerprint density at radius 3 is 2.58 bits per heavy atom. The van der Waals surface area contributed by atoms with Crippen molar-refractivity contribution in [1.29, 1.82) is 0 Å². The number of nitrogens with one attached hydrogen (secondary N) is 1. The Morgan fingerprint density at radius 1 is 1.26 bits per heavy atom. The van der Waals surface area contributed by atoms with Crippen LogP contribution in [0.15, 0.2) is 23.2 Å². The van der Waals surface area contributed by atoms with Crippen LogP contribution < -0.4 is 5.32 Å². The van der Waals surface area contributed by atoms with Crippen molar-refractivity contribution < 1.29 is 0 Å². The van der Waals surface area contributed by atoms with Crippen molar-refractivity contribution in [3.05, 3.63) is 29.3 Å². The van der Waals surface area contributed by atoms with Crippen molar-refractivity contribution in [3.8, 4) is 0 Å². The molecule has 2 rings (SSSR count). The number of thioether (sulfide) groups is 1. The van der Waals surface area contributed by atoms with E-state index in [0.29, 0.717) is 5.41 Å². The lowest BCUT2D eigenvalue weighted by atomic mass is 9.84. The molecule has 0 unspecified atom stereocenters. The van der Waals surface area contributed by atoms with Gasteiger partial charge < -0.3 is 5.32 Å². The molecule has 0 bridgehead atoms. The Morgan fingerprint density at radius 2 is 2.00 bits per heavy atom. The van der Waals surface area contributed by atoms with E-state index in [1.54, 1.807) is 0 Å². The number of amidine groups is 1. The van der Waals surface area contributed by atoms with E-state index in [9.17, 15) is 0 Å². The lowest BCUT2D eigenvalue weighted by Gasteiger charge is -2.33. The second kappa shape index (κ2) is 6.00. The number of anilines is 1. The Balaban J connectivity index is 2.09. The zero-order valence-electron chi connectivity index (χ0n) is 12.4. The fourth-order valence-corrected chi connectivity index (χ4v) is 3.59. The smallest absolute Gasteiger partial charge is 0.161 e. The van der Waals surface area contributed by atoms with E-state index in [-0.39, 0.29) is 0 Å². The molecule has 0 amide bonds. The van der Waals surface area contributed by atoms with E-state index in [0.717, 1.165) is 11.7 Å². The molecule has 1 heterocycles. The maximum absolute atomic E-state index is 4.76. The Kier molecular flexibility index (Phi) is 4.56. The fraction of sp³-hybridized carbons (Fsp3) is 0.562. The van der Waals surface area contributed by atoms with Gasteiger partial charge in [-0.2, -0.15) is 0 Å². The molecule has 0 aliphatic carbocycles. The van der Waals surface area contributed by atoms with Gasteiger partial charge in [0.25, 0.3) is 0 Å². The van der Waals surface area contributed by atoms with Crippen LogP contribution in [-0.2, 0) is 0 Å². The summed E-state index contributed by atoms with van der Waals surface area (Å²) in [6.07, 6.45) is 2.44. The van der Waals surface area contributed by atoms with Crippen molar-refractivity contribution in [2.45, 2.75) is 40.5 Å². The van der Waals surface area contributed by atoms with E-state index in [4.69, 9.17) is 4.99 Å². The standard InChI is InChI=1S/C16H24N2S/c1-5-16(6-2)10-17-15(19-11-16)18-14-9-7-8-12(3)13(14)4/h7-9H,5-6,10-11H2,1-4H3,(H,17,18). The predicted octanol–water partition coefficient (Wildman–Crippen LogP) is 4.62. The first-order valence-corrected chi connectivity index (χ1v) is 8.09. The summed E-state index contributed by atoms with van der Waals surface area (Å²) in [6, 6.07) is 6.38. The monoisotopic (exact) mass is 276 g/mol. The van der Waals surface area contributed by atoms with Crippen LogP contribution in [0.2, 0.25) is 0 Å². The number of aryl methyl sites for hydroxylation is 1. The van der Waals surface area contributed by atoms with Crippen LogP contribution in [0.25, 0.3) is 0 Å². The van der Waals surface area contributed by atoms with Crippen LogP contribution >= 0.6 is 11.8 Å². The molecular formula is C16H24N2S. The SMILES string of the molecule is CCC1(CC)CN=C(Nc2cccc(C)c2C)SC1. The summed E-state index contributed by atoms with van der Waals surface area (Å²) in [5.41, 5.74) is 4.24. The molecule has 0 saturated carbocycles. The summed E-state index contributed by atoms with van der Waals surface area (Å²) in [5.74, 6) is 1.18. The predicted molar refractivity (Wildman–Crippen MR) is 87.3 cm³/mol. The molecule has 0 radical (unpaired) electrons. The highest BCUT2D eigenvalue weighted by molar-refractivity contribution is 8.14. The molecule has 0 aromatic heterocycles. The van der Waals surface area contributed by atoms with Crippen LogP contribution in [0.5, 0.6) is 0 Å². The molecule has 1 aliphatic heterocycles. The summed E-state index contributed by atoms with van der Waals surface area (Å²) < 4.78 is 0. The number of nitrogens with zero attached hydrogens (tertiary/aromatic N) is 1. The largest absolute Gasteiger partial charge is 0.335 e. The number of benzene rings is 1. The van der Waals surface area contributed by atoms with Gasteiger partial charge in [-0.1, -0.05) is 37.7 Å². The van der Waals surface area contributed by atoms with Gasteiger partial charge in [0.1, 0.15) is 0 Å². The van der Waals surface area contributed by atoms with Crippen molar-refractivity contribution in [2.24, 2.45) is 10.4 Å². The van der Waals surface area contributed by atoms with Crippen LogP contribution in [0.3, 0.4) is 0 Å². The third kappa shape index (κ3) is 3.14. The van der Waals surface area contributed by atoms with Crippen LogP contribution in [0.1, 0.15) is 37.8 Å². The highest BCUT2D eigenvalue weighted by atomic mass is 32.2. The summed E-state index contributed by atoms with van der Waals surface area (Å²) in [4.78, 5) is 4.76. The number of hydrogen-bond donors (Lipinski definition) is 1. The molecule has 1 aliphatic rings. The number of rotatable bonds is 3. The molecule has 0 fully saturated rings. The Hall–Kier alpha value is -0.960. The molecule has 2 nitrogen and oxygen atoms in total. The maximum Gasteiger partial charge on any atom is 0.161 e. The van der Waals surface area contributed by atoms with Crippen molar-refractivity contribution in [1.82, 2.24) is 0 Å². The quantitative estimate of drug-likeness (QED) is 0.870. The van der Waals surface area contributed by atoms with E-state index in [1.807, 2.05) is 11.8 Å². The fourth-order valence-electron chi connectivity index (χ4n) is 2.31. The normalized spacial score (nSPS) is 18.0. The number of hydrogen-bond acceptors (Lipinski definition) is 3. The maximum atomic E-state index is 4.76. The first-order valence-electron chi connectivity index (χ1n) is 7.11. The molecule has 0 spiro atoms. The summed E-state index contributed by atoms with van der Waals surface area (Å²) in [7, 11) is 0. The average Bonchev–Trinajstić information content (AvgIpc) is 2.45. The highest BCUT2D eigenvalue weighted by Gasteiger charge is 2.30. The minimum absolute atomic E-state index is 0.414. The Bertz CT molecular complexity index is 476. The molecular weight excluding hydrogens is 252 g/mol. The molecule has 1 N–H and O–H groups in total. The van der Waals surface area contributed by atoms with Gasteiger partial charge in [-0.25, -0.2) is 0 Å². The molecule has 0 saturated heterocycles. The van der Waals surface area contributed by atoms with E-state index < -0.39 is 0 Å². The van der Waals surface area contributed by atoms with E-state index >= 15 is 0 Å². The van der Waals surface area contributed by atoms with Crippen molar-refractivity contribution >= 4 is 22.6 Å². The molecule has 0 atom stereocenters. The van der Waals surface area contributed by atoms with E-state index in [2.05, 4.69) is 51.2 Å². The first-order chi connectivity index (χ1) is 9.10. The third-order valence-electron chi connectivity index (χ3n) is 4.42. The zero-order valence-corrected chi connectivity index (χ0v) is 13.2. The van der Waals surface area contributed by atoms with Crippen molar-refractivity contribution in [2.75, 3.05) is 17.6 Å². The van der Waals surface area contributed by atoms with Gasteiger partial charge in [0.05, 0.1) is 0 Å². The Labute approximate surface area is 121 Å². The van der Waals surface area contributed by atoms with E-state index in [1.165, 1.54) is 35.4 Å². The summed E-state index contributed by atoms with van der Waals surface area (Å²) in [5, 5.41) is 4.56. The van der Waals surface area contributed by atoms with Gasteiger partial charge >= 0.3 is 0 Å². The van der Waals surface area contributed by atoms with Gasteiger partial charge in [0.15, 0.2) is 5.17 Å². The highest BCUT2D eigenvalue weighted by Crippen LogP contribution is 2.35. The second-order valence-electron chi connectivity index (χ2n) is 5.49. The van der Waals surface area contributed by atoms with Gasteiger partial charge in [0, 0.05) is 18.0 Å². The minimum Gasteiger partial charge on any atom is -0.335 e. The molecule has 1 aromatic carbocycles. The zero-order chi connectivity index (χ0) is 13.9. The first kappa shape index (κ1) is 14.4. The van der Waals surface area contributed by atoms with Gasteiger partial charge in [-0.15, -0.1) is 0 Å². The molecule has 1 aromatic rings. The third-order valence-corrected chi connectivity index (χ3v) is 5.68. The lowest BCUT2D eigenvalue weighted by Crippen LogP contribution is -2.32. The van der Waals surface area contributed by atoms with Gasteiger partial charge in [0.2, 0.25) is 0 Å². The number of aliphatic imine (C=N–C) groups is 1. The summed E-state index contributed by atoms with van der Waals surface area (Å²) in [6.45, 7) is 9.83. The topological polar surface area (TPSA) is 24.4 Å². The van der Waals surface area contributed by atoms with Gasteiger partial charge in [-0.3, -0.25) is 4.99 Å². The van der Waals surface area contributed by atoms with Crippen LogP contribution in [0, 0.1) is 19.3 Å². The minimum atomic E-state index is 0.414. The van der Waals surface area contributed by atoms with Crippen LogP contribution in [-0.4, -0.2) is 17.5 Å². The van der Waals surface area contributed by atoms with Crippen LogP contribution in [0.4, 0.5) is 5.69 Å².